The zero-order valence-electron chi connectivity index (χ0n) is 12.2. The first kappa shape index (κ1) is 16.7. The van der Waals surface area contributed by atoms with Gasteiger partial charge in [0.05, 0.1) is 36.8 Å². The Morgan fingerprint density at radius 1 is 1.52 bits per heavy atom. The summed E-state index contributed by atoms with van der Waals surface area (Å²) in [6.45, 7) is 3.10. The van der Waals surface area contributed by atoms with Crippen LogP contribution in [0.15, 0.2) is 18.2 Å². The van der Waals surface area contributed by atoms with Crippen molar-refractivity contribution in [3.8, 4) is 17.6 Å². The third-order valence-electron chi connectivity index (χ3n) is 2.82. The van der Waals surface area contributed by atoms with Crippen LogP contribution in [0, 0.1) is 21.4 Å². The Morgan fingerprint density at radius 3 is 2.86 bits per heavy atom. The number of hydrogen-bond acceptors (Lipinski definition) is 6. The van der Waals surface area contributed by atoms with Crippen LogP contribution >= 0.6 is 0 Å². The van der Waals surface area contributed by atoms with Gasteiger partial charge in [0.2, 0.25) is 0 Å². The molecule has 1 aromatic rings. The van der Waals surface area contributed by atoms with Gasteiger partial charge >= 0.3 is 5.69 Å². The van der Waals surface area contributed by atoms with Crippen LogP contribution in [0.4, 0.5) is 5.69 Å². The molecule has 0 spiro atoms. The zero-order valence-corrected chi connectivity index (χ0v) is 12.2. The molecule has 0 saturated carbocycles. The largest absolute Gasteiger partial charge is 0.493 e. The van der Waals surface area contributed by atoms with Gasteiger partial charge in [0.25, 0.3) is 0 Å². The van der Waals surface area contributed by atoms with Crippen molar-refractivity contribution in [3.63, 3.8) is 0 Å². The summed E-state index contributed by atoms with van der Waals surface area (Å²) in [7, 11) is 1.37. The van der Waals surface area contributed by atoms with E-state index in [1.54, 1.807) is 6.07 Å². The third kappa shape index (κ3) is 5.28. The standard InChI is InChI=1S/C14H19N3O4/c1-3-7-16-11(10-15)6-8-21-12-4-5-14(20-2)13(9-12)17(18)19/h4-5,9,11,16H,3,6-8H2,1-2H3. The van der Waals surface area contributed by atoms with Crippen LogP contribution in [-0.2, 0) is 0 Å². The fourth-order valence-corrected chi connectivity index (χ4v) is 1.73. The van der Waals surface area contributed by atoms with Crippen LogP contribution < -0.4 is 14.8 Å². The maximum Gasteiger partial charge on any atom is 0.314 e. The molecule has 0 bridgehead atoms. The first-order chi connectivity index (χ1) is 10.1. The predicted molar refractivity (Wildman–Crippen MR) is 77.5 cm³/mol. The van der Waals surface area contributed by atoms with Gasteiger partial charge < -0.3 is 14.8 Å². The van der Waals surface area contributed by atoms with Gasteiger partial charge in [0.15, 0.2) is 5.75 Å². The van der Waals surface area contributed by atoms with E-state index in [1.807, 2.05) is 6.92 Å². The number of benzene rings is 1. The van der Waals surface area contributed by atoms with E-state index < -0.39 is 4.92 Å². The molecule has 114 valence electrons. The molecule has 0 fully saturated rings. The highest BCUT2D eigenvalue weighted by molar-refractivity contribution is 5.50. The van der Waals surface area contributed by atoms with Crippen molar-refractivity contribution in [2.24, 2.45) is 0 Å². The molecule has 21 heavy (non-hydrogen) atoms. The van der Waals surface area contributed by atoms with E-state index in [2.05, 4.69) is 11.4 Å². The minimum atomic E-state index is -0.521. The molecule has 0 aromatic heterocycles. The van der Waals surface area contributed by atoms with E-state index in [1.165, 1.54) is 19.2 Å². The topological polar surface area (TPSA) is 97.4 Å². The van der Waals surface area contributed by atoms with Crippen molar-refractivity contribution >= 4 is 5.69 Å². The molecule has 1 N–H and O–H groups in total. The lowest BCUT2D eigenvalue weighted by molar-refractivity contribution is -0.385. The lowest BCUT2D eigenvalue weighted by atomic mass is 10.2. The molecule has 7 nitrogen and oxygen atoms in total. The van der Waals surface area contributed by atoms with Crippen molar-refractivity contribution in [2.45, 2.75) is 25.8 Å². The summed E-state index contributed by atoms with van der Waals surface area (Å²) in [5.74, 6) is 0.571. The molecule has 0 radical (unpaired) electrons. The van der Waals surface area contributed by atoms with E-state index in [9.17, 15) is 10.1 Å². The first-order valence-corrected chi connectivity index (χ1v) is 6.70. The van der Waals surface area contributed by atoms with Crippen molar-refractivity contribution < 1.29 is 14.4 Å². The monoisotopic (exact) mass is 293 g/mol. The Labute approximate surface area is 123 Å². The SMILES string of the molecule is CCCNC(C#N)CCOc1ccc(OC)c([N+](=O)[O-])c1. The molecule has 0 heterocycles. The molecule has 0 aliphatic carbocycles. The van der Waals surface area contributed by atoms with Crippen molar-refractivity contribution in [3.05, 3.63) is 28.3 Å². The van der Waals surface area contributed by atoms with E-state index in [-0.39, 0.29) is 17.5 Å². The number of nitriles is 1. The molecular formula is C14H19N3O4. The highest BCUT2D eigenvalue weighted by Crippen LogP contribution is 2.30. The number of nitrogens with one attached hydrogen (secondary N) is 1. The number of hydrogen-bond donors (Lipinski definition) is 1. The van der Waals surface area contributed by atoms with Crippen molar-refractivity contribution in [1.82, 2.24) is 5.32 Å². The second-order valence-corrected chi connectivity index (χ2v) is 4.36. The second kappa shape index (κ2) is 8.76. The van der Waals surface area contributed by atoms with Gasteiger partial charge in [-0.05, 0) is 25.1 Å². The van der Waals surface area contributed by atoms with Crippen molar-refractivity contribution in [1.29, 1.82) is 5.26 Å². The smallest absolute Gasteiger partial charge is 0.314 e. The molecule has 1 rings (SSSR count). The second-order valence-electron chi connectivity index (χ2n) is 4.36. The highest BCUT2D eigenvalue weighted by Gasteiger charge is 2.16. The number of nitro benzene ring substituents is 1. The van der Waals surface area contributed by atoms with Crippen LogP contribution in [0.3, 0.4) is 0 Å². The lowest BCUT2D eigenvalue weighted by Crippen LogP contribution is -2.29. The lowest BCUT2D eigenvalue weighted by Gasteiger charge is -2.12. The Hall–Kier alpha value is -2.33. The molecule has 0 aliphatic heterocycles. The van der Waals surface area contributed by atoms with Gasteiger partial charge in [0.1, 0.15) is 5.75 Å². The number of nitrogens with zero attached hydrogens (tertiary/aromatic N) is 2. The summed E-state index contributed by atoms with van der Waals surface area (Å²) in [5.41, 5.74) is -0.143. The number of ether oxygens (including phenoxy) is 2. The molecule has 0 saturated heterocycles. The molecule has 0 amide bonds. The Balaban J connectivity index is 2.58. The Bertz CT molecular complexity index is 513. The van der Waals surface area contributed by atoms with Crippen molar-refractivity contribution in [2.75, 3.05) is 20.3 Å². The maximum atomic E-state index is 10.9. The highest BCUT2D eigenvalue weighted by atomic mass is 16.6. The maximum absolute atomic E-state index is 10.9. The van der Waals surface area contributed by atoms with Crippen LogP contribution in [-0.4, -0.2) is 31.2 Å². The zero-order chi connectivity index (χ0) is 15.7. The summed E-state index contributed by atoms with van der Waals surface area (Å²) < 4.78 is 10.4. The summed E-state index contributed by atoms with van der Waals surface area (Å²) in [4.78, 5) is 10.4. The van der Waals surface area contributed by atoms with Gasteiger partial charge in [-0.2, -0.15) is 5.26 Å². The summed E-state index contributed by atoms with van der Waals surface area (Å²) in [5, 5.41) is 22.9. The number of methoxy groups -OCH3 is 1. The Morgan fingerprint density at radius 2 is 2.29 bits per heavy atom. The van der Waals surface area contributed by atoms with Crippen LogP contribution in [0.2, 0.25) is 0 Å². The molecule has 0 aliphatic rings. The quantitative estimate of drug-likeness (QED) is 0.554. The number of nitro groups is 1. The van der Waals surface area contributed by atoms with Crippen LogP contribution in [0.25, 0.3) is 0 Å². The first-order valence-electron chi connectivity index (χ1n) is 6.70. The predicted octanol–water partition coefficient (Wildman–Crippen LogP) is 2.26. The fourth-order valence-electron chi connectivity index (χ4n) is 1.73. The summed E-state index contributed by atoms with van der Waals surface area (Å²) in [6, 6.07) is 6.29. The normalized spacial score (nSPS) is 11.5. The summed E-state index contributed by atoms with van der Waals surface area (Å²) in [6.07, 6.45) is 1.46. The molecule has 1 aromatic carbocycles. The van der Waals surface area contributed by atoms with Gasteiger partial charge in [-0.15, -0.1) is 0 Å². The molecular weight excluding hydrogens is 274 g/mol. The van der Waals surface area contributed by atoms with Gasteiger partial charge in [-0.1, -0.05) is 6.92 Å². The third-order valence-corrected chi connectivity index (χ3v) is 2.82. The van der Waals surface area contributed by atoms with Crippen LogP contribution in [0.5, 0.6) is 11.5 Å². The van der Waals surface area contributed by atoms with Gasteiger partial charge in [-0.3, -0.25) is 10.1 Å². The Kier molecular flexibility index (Phi) is 6.98. The van der Waals surface area contributed by atoms with Gasteiger partial charge in [-0.25, -0.2) is 0 Å². The molecule has 1 atom stereocenters. The average molecular weight is 293 g/mol. The summed E-state index contributed by atoms with van der Waals surface area (Å²) >= 11 is 0. The fraction of sp³-hybridized carbons (Fsp3) is 0.500. The van der Waals surface area contributed by atoms with E-state index >= 15 is 0 Å². The number of rotatable bonds is 9. The minimum Gasteiger partial charge on any atom is -0.493 e. The van der Waals surface area contributed by atoms with E-state index in [4.69, 9.17) is 14.7 Å². The average Bonchev–Trinajstić information content (AvgIpc) is 2.50. The molecule has 7 heteroatoms. The van der Waals surface area contributed by atoms with Crippen LogP contribution in [0.1, 0.15) is 19.8 Å². The van der Waals surface area contributed by atoms with E-state index in [0.29, 0.717) is 18.8 Å². The minimum absolute atomic E-state index is 0.143. The van der Waals surface area contributed by atoms with E-state index in [0.717, 1.165) is 13.0 Å². The molecule has 1 unspecified atom stereocenters. The van der Waals surface area contributed by atoms with Gasteiger partial charge in [0, 0.05) is 6.42 Å².